The molecule has 0 bridgehead atoms. The first-order chi connectivity index (χ1) is 14.1. The van der Waals surface area contributed by atoms with Crippen LogP contribution in [-0.4, -0.2) is 31.9 Å². The van der Waals surface area contributed by atoms with Crippen molar-refractivity contribution in [3.8, 4) is 0 Å². The third-order valence-electron chi connectivity index (χ3n) is 5.71. The van der Waals surface area contributed by atoms with Gasteiger partial charge in [0.1, 0.15) is 0 Å². The first kappa shape index (κ1) is 17.5. The topological polar surface area (TPSA) is 91.0 Å². The minimum Gasteiger partial charge on any atom is -0.358 e. The number of rotatable bonds is 2. The summed E-state index contributed by atoms with van der Waals surface area (Å²) in [6, 6.07) is 13.0. The summed E-state index contributed by atoms with van der Waals surface area (Å²) < 4.78 is 1.15. The van der Waals surface area contributed by atoms with E-state index in [1.165, 1.54) is 5.69 Å². The molecular formula is C22H20N4O3. The highest BCUT2D eigenvalue weighted by Gasteiger charge is 2.25. The van der Waals surface area contributed by atoms with Crippen molar-refractivity contribution in [2.75, 3.05) is 6.54 Å². The molecule has 146 valence electrons. The normalized spacial score (nSPS) is 13.8. The number of H-pyrrole nitrogens is 2. The highest BCUT2D eigenvalue weighted by Crippen LogP contribution is 2.28. The van der Waals surface area contributed by atoms with Crippen LogP contribution in [0, 0.1) is 0 Å². The van der Waals surface area contributed by atoms with Crippen LogP contribution in [0.3, 0.4) is 0 Å². The molecule has 29 heavy (non-hydrogen) atoms. The molecule has 2 aromatic heterocycles. The lowest BCUT2D eigenvalue weighted by atomic mass is 10.0. The summed E-state index contributed by atoms with van der Waals surface area (Å²) in [7, 11) is 0. The van der Waals surface area contributed by atoms with Gasteiger partial charge in [-0.2, -0.15) is 0 Å². The van der Waals surface area contributed by atoms with E-state index in [1.54, 1.807) is 25.1 Å². The second-order valence-corrected chi connectivity index (χ2v) is 7.34. The van der Waals surface area contributed by atoms with E-state index in [9.17, 15) is 14.4 Å². The summed E-state index contributed by atoms with van der Waals surface area (Å²) >= 11 is 0. The molecule has 2 N–H and O–H groups in total. The molecule has 7 nitrogen and oxygen atoms in total. The molecule has 1 aliphatic rings. The zero-order valence-corrected chi connectivity index (χ0v) is 16.0. The zero-order valence-electron chi connectivity index (χ0n) is 16.0. The number of carbonyl (C=O) groups excluding carboxylic acids is 1. The summed E-state index contributed by atoms with van der Waals surface area (Å²) in [4.78, 5) is 45.7. The number of aromatic nitrogens is 3. The number of nitrogens with one attached hydrogen (secondary N) is 2. The molecule has 4 aromatic rings. The van der Waals surface area contributed by atoms with Crippen LogP contribution in [0.4, 0.5) is 0 Å². The molecular weight excluding hydrogens is 368 g/mol. The Bertz CT molecular complexity index is 1390. The Labute approximate surface area is 165 Å². The van der Waals surface area contributed by atoms with Crippen molar-refractivity contribution in [1.29, 1.82) is 0 Å². The second kappa shape index (κ2) is 6.48. The summed E-state index contributed by atoms with van der Waals surface area (Å²) in [5, 5.41) is 1.54. The summed E-state index contributed by atoms with van der Waals surface area (Å²) in [5.74, 6) is -0.108. The Balaban J connectivity index is 1.52. The summed E-state index contributed by atoms with van der Waals surface area (Å²) in [6.45, 7) is 3.19. The van der Waals surface area contributed by atoms with Crippen molar-refractivity contribution in [1.82, 2.24) is 19.4 Å². The average Bonchev–Trinajstić information content (AvgIpc) is 3.11. The number of hydrogen-bond donors (Lipinski definition) is 2. The zero-order chi connectivity index (χ0) is 20.1. The van der Waals surface area contributed by atoms with Gasteiger partial charge in [0.15, 0.2) is 0 Å². The van der Waals surface area contributed by atoms with E-state index in [0.717, 1.165) is 27.5 Å². The minimum atomic E-state index is -0.462. The van der Waals surface area contributed by atoms with Crippen LogP contribution < -0.4 is 11.2 Å². The number of amides is 1. The molecule has 0 spiro atoms. The number of benzene rings is 2. The van der Waals surface area contributed by atoms with Gasteiger partial charge in [-0.3, -0.25) is 14.2 Å². The van der Waals surface area contributed by atoms with Crippen LogP contribution in [0.2, 0.25) is 0 Å². The van der Waals surface area contributed by atoms with Gasteiger partial charge in [-0.1, -0.05) is 18.2 Å². The van der Waals surface area contributed by atoms with Gasteiger partial charge in [0, 0.05) is 53.8 Å². The van der Waals surface area contributed by atoms with Crippen molar-refractivity contribution in [2.45, 2.75) is 26.4 Å². The quantitative estimate of drug-likeness (QED) is 0.552. The van der Waals surface area contributed by atoms with E-state index in [1.807, 2.05) is 23.1 Å². The van der Waals surface area contributed by atoms with Crippen LogP contribution in [0.1, 0.15) is 28.5 Å². The fourth-order valence-corrected chi connectivity index (χ4v) is 4.20. The third kappa shape index (κ3) is 2.69. The van der Waals surface area contributed by atoms with Crippen molar-refractivity contribution < 1.29 is 4.79 Å². The lowest BCUT2D eigenvalue weighted by molar-refractivity contribution is 0.0735. The van der Waals surface area contributed by atoms with E-state index >= 15 is 0 Å². The number of nitrogens with zero attached hydrogens (tertiary/aromatic N) is 2. The maximum Gasteiger partial charge on any atom is 0.328 e. The van der Waals surface area contributed by atoms with Crippen LogP contribution in [0.25, 0.3) is 21.8 Å². The van der Waals surface area contributed by atoms with Gasteiger partial charge in [0.2, 0.25) is 0 Å². The van der Waals surface area contributed by atoms with E-state index in [0.29, 0.717) is 36.1 Å². The largest absolute Gasteiger partial charge is 0.358 e. The minimum absolute atomic E-state index is 0.108. The lowest BCUT2D eigenvalue weighted by Crippen LogP contribution is -2.36. The number of hydrogen-bond acceptors (Lipinski definition) is 3. The van der Waals surface area contributed by atoms with Gasteiger partial charge in [-0.15, -0.1) is 0 Å². The molecule has 0 fully saturated rings. The number of para-hydroxylation sites is 1. The highest BCUT2D eigenvalue weighted by molar-refractivity contribution is 5.98. The van der Waals surface area contributed by atoms with Crippen LogP contribution in [0.5, 0.6) is 0 Å². The standard InChI is InChI=1S/C22H20N4O3/c1-2-26-21(28)15-8-7-13(11-19(15)24-22(26)29)20(27)25-10-9-18-16(12-25)14-5-3-4-6-17(14)23-18/h3-8,11,23H,2,9-10,12H2,1H3,(H,24,29). The number of aromatic amines is 2. The predicted octanol–water partition coefficient (Wildman–Crippen LogP) is 2.39. The van der Waals surface area contributed by atoms with Gasteiger partial charge in [0.25, 0.3) is 11.5 Å². The fraction of sp³-hybridized carbons (Fsp3) is 0.227. The first-order valence-electron chi connectivity index (χ1n) is 9.71. The Morgan fingerprint density at radius 2 is 1.86 bits per heavy atom. The fourth-order valence-electron chi connectivity index (χ4n) is 4.20. The van der Waals surface area contributed by atoms with Gasteiger partial charge in [0.05, 0.1) is 10.9 Å². The van der Waals surface area contributed by atoms with Gasteiger partial charge in [-0.25, -0.2) is 4.79 Å². The maximum absolute atomic E-state index is 13.1. The average molecular weight is 388 g/mol. The molecule has 1 amide bonds. The molecule has 0 saturated carbocycles. The number of fused-ring (bicyclic) bond motifs is 4. The van der Waals surface area contributed by atoms with E-state index in [4.69, 9.17) is 0 Å². The Morgan fingerprint density at radius 1 is 1.03 bits per heavy atom. The van der Waals surface area contributed by atoms with Crippen molar-refractivity contribution in [3.05, 3.63) is 80.1 Å². The molecule has 0 atom stereocenters. The summed E-state index contributed by atoms with van der Waals surface area (Å²) in [6.07, 6.45) is 0.765. The van der Waals surface area contributed by atoms with Gasteiger partial charge in [-0.05, 0) is 31.2 Å². The number of carbonyl (C=O) groups is 1. The third-order valence-corrected chi connectivity index (χ3v) is 5.71. The predicted molar refractivity (Wildman–Crippen MR) is 111 cm³/mol. The molecule has 7 heteroatoms. The summed E-state index contributed by atoms with van der Waals surface area (Å²) in [5.41, 5.74) is 3.47. The molecule has 2 aromatic carbocycles. The molecule has 3 heterocycles. The van der Waals surface area contributed by atoms with Crippen LogP contribution >= 0.6 is 0 Å². The molecule has 5 rings (SSSR count). The Morgan fingerprint density at radius 3 is 2.69 bits per heavy atom. The van der Waals surface area contributed by atoms with Crippen LogP contribution in [0.15, 0.2) is 52.1 Å². The van der Waals surface area contributed by atoms with Gasteiger partial charge < -0.3 is 14.9 Å². The molecule has 0 saturated heterocycles. The van der Waals surface area contributed by atoms with Gasteiger partial charge >= 0.3 is 5.69 Å². The molecule has 1 aliphatic heterocycles. The van der Waals surface area contributed by atoms with Crippen molar-refractivity contribution in [2.24, 2.45) is 0 Å². The maximum atomic E-state index is 13.1. The Kier molecular flexibility index (Phi) is 3.91. The lowest BCUT2D eigenvalue weighted by Gasteiger charge is -2.27. The smallest absolute Gasteiger partial charge is 0.328 e. The van der Waals surface area contributed by atoms with Crippen molar-refractivity contribution in [3.63, 3.8) is 0 Å². The van der Waals surface area contributed by atoms with E-state index in [2.05, 4.69) is 16.0 Å². The highest BCUT2D eigenvalue weighted by atomic mass is 16.2. The first-order valence-corrected chi connectivity index (χ1v) is 9.71. The Hall–Kier alpha value is -3.61. The van der Waals surface area contributed by atoms with Crippen molar-refractivity contribution >= 4 is 27.7 Å². The molecule has 0 aliphatic carbocycles. The molecule has 0 radical (unpaired) electrons. The SMILES string of the molecule is CCn1c(=O)[nH]c2cc(C(=O)N3CCc4[nH]c5ccccc5c4C3)ccc2c1=O. The van der Waals surface area contributed by atoms with Crippen LogP contribution in [-0.2, 0) is 19.5 Å². The monoisotopic (exact) mass is 388 g/mol. The second-order valence-electron chi connectivity index (χ2n) is 7.34. The van der Waals surface area contributed by atoms with E-state index < -0.39 is 5.69 Å². The molecule has 0 unspecified atom stereocenters. The van der Waals surface area contributed by atoms with E-state index in [-0.39, 0.29) is 11.5 Å².